The predicted octanol–water partition coefficient (Wildman–Crippen LogP) is 2.61. The fraction of sp³-hybridized carbons (Fsp3) is 0.500. The van der Waals surface area contributed by atoms with Crippen LogP contribution < -0.4 is 0 Å². The van der Waals surface area contributed by atoms with Crippen molar-refractivity contribution in [1.29, 1.82) is 0 Å². The third-order valence-corrected chi connectivity index (χ3v) is 6.29. The predicted molar refractivity (Wildman–Crippen MR) is 119 cm³/mol. The quantitative estimate of drug-likeness (QED) is 0.607. The maximum Gasteiger partial charge on any atom is 0.164 e. The molecule has 0 amide bonds. The number of aromatic nitrogens is 3. The van der Waals surface area contributed by atoms with Crippen LogP contribution in [0.2, 0.25) is 0 Å². The van der Waals surface area contributed by atoms with Crippen LogP contribution in [-0.2, 0) is 34.1 Å². The van der Waals surface area contributed by atoms with Crippen molar-refractivity contribution in [2.45, 2.75) is 58.1 Å². The Hall–Kier alpha value is -2.36. The smallest absolute Gasteiger partial charge is 0.164 e. The molecule has 1 N–H and O–H groups in total. The zero-order chi connectivity index (χ0) is 22.3. The fourth-order valence-electron chi connectivity index (χ4n) is 5.00. The van der Waals surface area contributed by atoms with Crippen LogP contribution in [0.25, 0.3) is 11.0 Å². The molecule has 0 unspecified atom stereocenters. The van der Waals surface area contributed by atoms with E-state index in [0.717, 1.165) is 27.9 Å². The zero-order valence-electron chi connectivity index (χ0n) is 18.8. The summed E-state index contributed by atoms with van der Waals surface area (Å²) in [4.78, 5) is 11.2. The molecule has 2 aliphatic heterocycles. The average molecular weight is 439 g/mol. The number of benzene rings is 1. The summed E-state index contributed by atoms with van der Waals surface area (Å²) in [5, 5.41) is 10.1. The van der Waals surface area contributed by atoms with Gasteiger partial charge in [0.05, 0.1) is 29.9 Å². The lowest BCUT2D eigenvalue weighted by molar-refractivity contribution is -0.179. The van der Waals surface area contributed by atoms with E-state index in [2.05, 4.69) is 37.8 Å². The molecule has 8 nitrogen and oxygen atoms in total. The molecule has 2 atom stereocenters. The van der Waals surface area contributed by atoms with Gasteiger partial charge in [-0.05, 0) is 26.3 Å². The Balaban J connectivity index is 1.34. The first-order chi connectivity index (χ1) is 15.4. The number of ether oxygens (including phenoxy) is 3. The summed E-state index contributed by atoms with van der Waals surface area (Å²) in [6.45, 7) is 8.68. The van der Waals surface area contributed by atoms with Gasteiger partial charge >= 0.3 is 0 Å². The lowest BCUT2D eigenvalue weighted by Gasteiger charge is -2.27. The lowest BCUT2D eigenvalue weighted by Crippen LogP contribution is -2.44. The van der Waals surface area contributed by atoms with Crippen LogP contribution in [-0.4, -0.2) is 61.7 Å². The molecule has 2 aliphatic rings. The SMILES string of the molecule is Cc1ncnc2c(CN3C[C@H]4OC(C)(C)O[C@]4(CO)C3)cn(COCc3ccccc3)c12. The van der Waals surface area contributed by atoms with Gasteiger partial charge in [0.2, 0.25) is 0 Å². The number of hydrogen-bond acceptors (Lipinski definition) is 7. The van der Waals surface area contributed by atoms with Crippen molar-refractivity contribution in [2.24, 2.45) is 0 Å². The Morgan fingerprint density at radius 3 is 2.78 bits per heavy atom. The van der Waals surface area contributed by atoms with Gasteiger partial charge in [-0.2, -0.15) is 0 Å². The number of fused-ring (bicyclic) bond motifs is 2. The fourth-order valence-corrected chi connectivity index (χ4v) is 5.00. The minimum absolute atomic E-state index is 0.0615. The molecule has 4 heterocycles. The summed E-state index contributed by atoms with van der Waals surface area (Å²) in [7, 11) is 0. The molecular formula is C24H30N4O4. The summed E-state index contributed by atoms with van der Waals surface area (Å²) in [6, 6.07) is 10.1. The van der Waals surface area contributed by atoms with E-state index in [0.29, 0.717) is 33.0 Å². The van der Waals surface area contributed by atoms with Crippen molar-refractivity contribution < 1.29 is 19.3 Å². The second-order valence-corrected chi connectivity index (χ2v) is 9.24. The maximum absolute atomic E-state index is 10.1. The monoisotopic (exact) mass is 438 g/mol. The van der Waals surface area contributed by atoms with E-state index in [1.165, 1.54) is 0 Å². The summed E-state index contributed by atoms with van der Waals surface area (Å²) in [5.74, 6) is -0.671. The number of rotatable bonds is 7. The largest absolute Gasteiger partial charge is 0.393 e. The molecule has 5 rings (SSSR count). The van der Waals surface area contributed by atoms with Crippen molar-refractivity contribution in [1.82, 2.24) is 19.4 Å². The van der Waals surface area contributed by atoms with Gasteiger partial charge in [0, 0.05) is 31.4 Å². The normalized spacial score (nSPS) is 24.9. The first-order valence-corrected chi connectivity index (χ1v) is 11.0. The van der Waals surface area contributed by atoms with Gasteiger partial charge in [0.25, 0.3) is 0 Å². The summed E-state index contributed by atoms with van der Waals surface area (Å²) in [6.07, 6.45) is 3.56. The van der Waals surface area contributed by atoms with Crippen molar-refractivity contribution >= 4 is 11.0 Å². The van der Waals surface area contributed by atoms with Crippen molar-refractivity contribution in [3.63, 3.8) is 0 Å². The Labute approximate surface area is 187 Å². The number of hydrogen-bond donors (Lipinski definition) is 1. The first-order valence-electron chi connectivity index (χ1n) is 11.0. The molecule has 32 heavy (non-hydrogen) atoms. The highest BCUT2D eigenvalue weighted by atomic mass is 16.8. The van der Waals surface area contributed by atoms with Crippen LogP contribution in [0.3, 0.4) is 0 Å². The standard InChI is InChI=1S/C24H30N4O4/c1-17-22-21(26-15-25-17)19(10-28(22)16-30-12-18-7-5-4-6-8-18)9-27-11-20-24(13-27,14-29)32-23(2,3)31-20/h4-8,10,15,20,29H,9,11-14,16H2,1-3H3/t20-,24+/m1/s1. The van der Waals surface area contributed by atoms with Crippen molar-refractivity contribution in [3.05, 3.63) is 59.7 Å². The van der Waals surface area contributed by atoms with Gasteiger partial charge < -0.3 is 23.9 Å². The second kappa shape index (κ2) is 8.20. The molecule has 3 aromatic rings. The minimum atomic E-state index is -0.675. The molecule has 0 aliphatic carbocycles. The van der Waals surface area contributed by atoms with Crippen molar-refractivity contribution in [2.75, 3.05) is 19.7 Å². The van der Waals surface area contributed by atoms with Gasteiger partial charge in [-0.3, -0.25) is 4.90 Å². The van der Waals surface area contributed by atoms with Gasteiger partial charge in [-0.15, -0.1) is 0 Å². The zero-order valence-corrected chi connectivity index (χ0v) is 18.8. The Bertz CT molecular complexity index is 1100. The molecule has 0 spiro atoms. The first kappa shape index (κ1) is 21.5. The van der Waals surface area contributed by atoms with Crippen LogP contribution >= 0.6 is 0 Å². The number of aliphatic hydroxyl groups excluding tert-OH is 1. The molecule has 1 aromatic carbocycles. The van der Waals surface area contributed by atoms with E-state index in [9.17, 15) is 5.11 Å². The number of aliphatic hydroxyl groups is 1. The highest BCUT2D eigenvalue weighted by molar-refractivity contribution is 5.81. The van der Waals surface area contributed by atoms with E-state index in [1.807, 2.05) is 39.0 Å². The van der Waals surface area contributed by atoms with Gasteiger partial charge in [-0.25, -0.2) is 9.97 Å². The molecule has 2 saturated heterocycles. The molecule has 0 saturated carbocycles. The van der Waals surface area contributed by atoms with Crippen LogP contribution in [0.5, 0.6) is 0 Å². The van der Waals surface area contributed by atoms with Crippen LogP contribution in [0.1, 0.15) is 30.7 Å². The van der Waals surface area contributed by atoms with Gasteiger partial charge in [-0.1, -0.05) is 30.3 Å². The molecule has 0 bridgehead atoms. The number of likely N-dealkylation sites (tertiary alicyclic amines) is 1. The Kier molecular flexibility index (Phi) is 5.51. The summed E-state index contributed by atoms with van der Waals surface area (Å²) < 4.78 is 20.3. The van der Waals surface area contributed by atoms with Crippen LogP contribution in [0.15, 0.2) is 42.9 Å². The molecule has 0 radical (unpaired) electrons. The highest BCUT2D eigenvalue weighted by Gasteiger charge is 2.58. The van der Waals surface area contributed by atoms with Crippen molar-refractivity contribution in [3.8, 4) is 0 Å². The molecule has 8 heteroatoms. The van der Waals surface area contributed by atoms with Crippen LogP contribution in [0, 0.1) is 6.92 Å². The molecule has 2 fully saturated rings. The maximum atomic E-state index is 10.1. The average Bonchev–Trinajstić information content (AvgIpc) is 3.35. The molecular weight excluding hydrogens is 408 g/mol. The van der Waals surface area contributed by atoms with Gasteiger partial charge in [0.15, 0.2) is 5.79 Å². The third kappa shape index (κ3) is 3.93. The third-order valence-electron chi connectivity index (χ3n) is 6.29. The lowest BCUT2D eigenvalue weighted by atomic mass is 10.0. The van der Waals surface area contributed by atoms with E-state index < -0.39 is 11.4 Å². The van der Waals surface area contributed by atoms with E-state index in [4.69, 9.17) is 14.2 Å². The highest BCUT2D eigenvalue weighted by Crippen LogP contribution is 2.41. The topological polar surface area (TPSA) is 81.9 Å². The number of nitrogens with zero attached hydrogens (tertiary/aromatic N) is 4. The van der Waals surface area contributed by atoms with E-state index in [-0.39, 0.29) is 12.7 Å². The minimum Gasteiger partial charge on any atom is -0.393 e. The molecule has 170 valence electrons. The molecule has 2 aromatic heterocycles. The Morgan fingerprint density at radius 1 is 1.22 bits per heavy atom. The van der Waals surface area contributed by atoms with Crippen LogP contribution in [0.4, 0.5) is 0 Å². The number of aryl methyl sites for hydroxylation is 1. The Morgan fingerprint density at radius 2 is 2.03 bits per heavy atom. The summed E-state index contributed by atoms with van der Waals surface area (Å²) >= 11 is 0. The second-order valence-electron chi connectivity index (χ2n) is 9.24. The summed E-state index contributed by atoms with van der Waals surface area (Å²) in [5.41, 5.74) is 4.40. The van der Waals surface area contributed by atoms with Gasteiger partial charge in [0.1, 0.15) is 24.8 Å². The van der Waals surface area contributed by atoms with E-state index >= 15 is 0 Å². The van der Waals surface area contributed by atoms with E-state index in [1.54, 1.807) is 6.33 Å².